The van der Waals surface area contributed by atoms with Crippen LogP contribution >= 0.6 is 0 Å². The van der Waals surface area contributed by atoms with Crippen molar-refractivity contribution in [1.82, 2.24) is 0 Å². The molecule has 2 aromatic rings. The molecular formula is C18H17F3N2O2. The molecule has 0 spiro atoms. The number of hydrogen-bond donors (Lipinski definition) is 1. The Kier molecular flexibility index (Phi) is 3.89. The van der Waals surface area contributed by atoms with Crippen molar-refractivity contribution in [3.8, 4) is 0 Å². The van der Waals surface area contributed by atoms with Gasteiger partial charge >= 0.3 is 12.1 Å². The standard InChI is InChI=1S/C18H17F3N2O2/c1-17(2)22-14-10-12(18(19,20)21)7-8-15(14)23(17)13-6-4-5-11(9-13)16(24)25-3/h4-10,22H,1-3H3. The average Bonchev–Trinajstić information content (AvgIpc) is 2.82. The number of rotatable bonds is 2. The summed E-state index contributed by atoms with van der Waals surface area (Å²) in [6, 6.07) is 10.4. The number of ether oxygens (including phenoxy) is 1. The zero-order valence-electron chi connectivity index (χ0n) is 13.9. The number of carbonyl (C=O) groups is 1. The Hall–Kier alpha value is -2.70. The molecule has 0 bridgehead atoms. The minimum atomic E-state index is -4.40. The fraction of sp³-hybridized carbons (Fsp3) is 0.278. The summed E-state index contributed by atoms with van der Waals surface area (Å²) >= 11 is 0. The molecule has 25 heavy (non-hydrogen) atoms. The molecule has 0 aromatic heterocycles. The predicted molar refractivity (Wildman–Crippen MR) is 89.1 cm³/mol. The Balaban J connectivity index is 2.08. The van der Waals surface area contributed by atoms with Gasteiger partial charge in [0.05, 0.1) is 29.6 Å². The van der Waals surface area contributed by atoms with Gasteiger partial charge in [0.15, 0.2) is 0 Å². The van der Waals surface area contributed by atoms with Crippen LogP contribution in [0.3, 0.4) is 0 Å². The van der Waals surface area contributed by atoms with Crippen LogP contribution in [0.5, 0.6) is 0 Å². The fourth-order valence-corrected chi connectivity index (χ4v) is 3.05. The Bertz CT molecular complexity index is 831. The Labute approximate surface area is 143 Å². The first-order valence-corrected chi connectivity index (χ1v) is 7.61. The number of hydrogen-bond acceptors (Lipinski definition) is 4. The van der Waals surface area contributed by atoms with Crippen LogP contribution in [-0.4, -0.2) is 18.7 Å². The van der Waals surface area contributed by atoms with Gasteiger partial charge in [-0.05, 0) is 50.2 Å². The first-order valence-electron chi connectivity index (χ1n) is 7.61. The number of nitrogens with zero attached hydrogens (tertiary/aromatic N) is 1. The van der Waals surface area contributed by atoms with Crippen LogP contribution in [-0.2, 0) is 10.9 Å². The molecule has 7 heteroatoms. The molecule has 1 aliphatic heterocycles. The quantitative estimate of drug-likeness (QED) is 0.791. The summed E-state index contributed by atoms with van der Waals surface area (Å²) in [6.45, 7) is 3.70. The lowest BCUT2D eigenvalue weighted by Gasteiger charge is -2.34. The van der Waals surface area contributed by atoms with Crippen molar-refractivity contribution in [3.63, 3.8) is 0 Å². The molecule has 1 N–H and O–H groups in total. The van der Waals surface area contributed by atoms with Gasteiger partial charge in [0.25, 0.3) is 0 Å². The number of carbonyl (C=O) groups excluding carboxylic acids is 1. The molecule has 0 amide bonds. The van der Waals surface area contributed by atoms with E-state index >= 15 is 0 Å². The maximum absolute atomic E-state index is 13.0. The molecule has 0 aliphatic carbocycles. The minimum absolute atomic E-state index is 0.371. The van der Waals surface area contributed by atoms with Crippen LogP contribution in [0.2, 0.25) is 0 Å². The normalized spacial score (nSPS) is 15.5. The van der Waals surface area contributed by atoms with Crippen LogP contribution in [0.15, 0.2) is 42.5 Å². The van der Waals surface area contributed by atoms with E-state index in [-0.39, 0.29) is 0 Å². The van der Waals surface area contributed by atoms with E-state index in [0.717, 1.165) is 12.1 Å². The highest BCUT2D eigenvalue weighted by Crippen LogP contribution is 2.46. The second kappa shape index (κ2) is 5.68. The lowest BCUT2D eigenvalue weighted by atomic mass is 10.1. The largest absolute Gasteiger partial charge is 0.465 e. The van der Waals surface area contributed by atoms with Gasteiger partial charge in [0.2, 0.25) is 0 Å². The number of nitrogens with one attached hydrogen (secondary N) is 1. The van der Waals surface area contributed by atoms with Crippen LogP contribution in [0.25, 0.3) is 0 Å². The van der Waals surface area contributed by atoms with E-state index < -0.39 is 23.4 Å². The molecule has 132 valence electrons. The van der Waals surface area contributed by atoms with E-state index in [1.807, 2.05) is 18.7 Å². The minimum Gasteiger partial charge on any atom is -0.465 e. The number of benzene rings is 2. The third-order valence-corrected chi connectivity index (χ3v) is 4.09. The van der Waals surface area contributed by atoms with Crippen molar-refractivity contribution >= 4 is 23.0 Å². The van der Waals surface area contributed by atoms with Crippen LogP contribution < -0.4 is 10.2 Å². The Morgan fingerprint density at radius 1 is 1.16 bits per heavy atom. The topological polar surface area (TPSA) is 41.6 Å². The van der Waals surface area contributed by atoms with E-state index in [1.54, 1.807) is 24.3 Å². The van der Waals surface area contributed by atoms with E-state index in [9.17, 15) is 18.0 Å². The van der Waals surface area contributed by atoms with Crippen LogP contribution in [0.4, 0.5) is 30.2 Å². The number of fused-ring (bicyclic) bond motifs is 1. The molecule has 0 unspecified atom stereocenters. The second-order valence-corrected chi connectivity index (χ2v) is 6.29. The highest BCUT2D eigenvalue weighted by atomic mass is 19.4. The molecule has 0 fully saturated rings. The molecule has 0 atom stereocenters. The molecule has 0 saturated heterocycles. The van der Waals surface area contributed by atoms with Crippen molar-refractivity contribution in [2.75, 3.05) is 17.3 Å². The zero-order chi connectivity index (χ0) is 18.4. The number of alkyl halides is 3. The smallest absolute Gasteiger partial charge is 0.416 e. The summed E-state index contributed by atoms with van der Waals surface area (Å²) in [7, 11) is 1.30. The molecular weight excluding hydrogens is 333 g/mol. The van der Waals surface area contributed by atoms with E-state index in [2.05, 4.69) is 5.32 Å². The summed E-state index contributed by atoms with van der Waals surface area (Å²) in [6.07, 6.45) is -4.40. The SMILES string of the molecule is COC(=O)c1cccc(N2c3ccc(C(F)(F)F)cc3NC2(C)C)c1. The third kappa shape index (κ3) is 3.01. The van der Waals surface area contributed by atoms with Gasteiger partial charge in [0, 0.05) is 5.69 Å². The van der Waals surface area contributed by atoms with Crippen molar-refractivity contribution < 1.29 is 22.7 Å². The summed E-state index contributed by atoms with van der Waals surface area (Å²) in [5.74, 6) is -0.473. The first-order chi connectivity index (χ1) is 11.6. The number of esters is 1. The third-order valence-electron chi connectivity index (χ3n) is 4.09. The predicted octanol–water partition coefficient (Wildman–Crippen LogP) is 4.79. The molecule has 1 heterocycles. The monoisotopic (exact) mass is 350 g/mol. The molecule has 2 aromatic carbocycles. The zero-order valence-corrected chi connectivity index (χ0v) is 13.9. The van der Waals surface area contributed by atoms with Crippen LogP contribution in [0.1, 0.15) is 29.8 Å². The average molecular weight is 350 g/mol. The highest BCUT2D eigenvalue weighted by molar-refractivity contribution is 5.92. The summed E-state index contributed by atoms with van der Waals surface area (Å²) in [5, 5.41) is 3.11. The van der Waals surface area contributed by atoms with Crippen molar-refractivity contribution in [3.05, 3.63) is 53.6 Å². The summed E-state index contributed by atoms with van der Waals surface area (Å²) < 4.78 is 43.6. The van der Waals surface area contributed by atoms with E-state index in [0.29, 0.717) is 22.6 Å². The lowest BCUT2D eigenvalue weighted by Crippen LogP contribution is -2.42. The van der Waals surface area contributed by atoms with Gasteiger partial charge in [-0.25, -0.2) is 4.79 Å². The second-order valence-electron chi connectivity index (χ2n) is 6.29. The molecule has 0 saturated carbocycles. The maximum atomic E-state index is 13.0. The molecule has 1 aliphatic rings. The van der Waals surface area contributed by atoms with Crippen molar-refractivity contribution in [2.24, 2.45) is 0 Å². The number of anilines is 3. The summed E-state index contributed by atoms with van der Waals surface area (Å²) in [5.41, 5.74) is 0.680. The van der Waals surface area contributed by atoms with Gasteiger partial charge in [-0.15, -0.1) is 0 Å². The van der Waals surface area contributed by atoms with Gasteiger partial charge in [-0.2, -0.15) is 13.2 Å². The van der Waals surface area contributed by atoms with E-state index in [1.165, 1.54) is 13.2 Å². The van der Waals surface area contributed by atoms with Crippen molar-refractivity contribution in [1.29, 1.82) is 0 Å². The van der Waals surface area contributed by atoms with Crippen molar-refractivity contribution in [2.45, 2.75) is 25.7 Å². The first kappa shape index (κ1) is 17.1. The Morgan fingerprint density at radius 2 is 1.88 bits per heavy atom. The number of halogens is 3. The molecule has 3 rings (SSSR count). The summed E-state index contributed by atoms with van der Waals surface area (Å²) in [4.78, 5) is 13.6. The molecule has 4 nitrogen and oxygen atoms in total. The number of methoxy groups -OCH3 is 1. The molecule has 0 radical (unpaired) electrons. The highest BCUT2D eigenvalue weighted by Gasteiger charge is 2.39. The van der Waals surface area contributed by atoms with Gasteiger partial charge in [-0.1, -0.05) is 6.07 Å². The van der Waals surface area contributed by atoms with Crippen LogP contribution in [0, 0.1) is 0 Å². The van der Waals surface area contributed by atoms with Gasteiger partial charge in [-0.3, -0.25) is 0 Å². The lowest BCUT2D eigenvalue weighted by molar-refractivity contribution is -0.137. The maximum Gasteiger partial charge on any atom is 0.416 e. The van der Waals surface area contributed by atoms with Gasteiger partial charge in [0.1, 0.15) is 5.66 Å². The van der Waals surface area contributed by atoms with E-state index in [4.69, 9.17) is 4.74 Å². The van der Waals surface area contributed by atoms with Gasteiger partial charge < -0.3 is 15.0 Å². The fourth-order valence-electron chi connectivity index (χ4n) is 3.05. The Morgan fingerprint density at radius 3 is 2.52 bits per heavy atom.